The van der Waals surface area contributed by atoms with Gasteiger partial charge in [-0.2, -0.15) is 0 Å². The van der Waals surface area contributed by atoms with Gasteiger partial charge in [-0.05, 0) is 24.6 Å². The van der Waals surface area contributed by atoms with Crippen molar-refractivity contribution in [3.8, 4) is 0 Å². The predicted molar refractivity (Wildman–Crippen MR) is 64.3 cm³/mol. The molecule has 2 aliphatic rings. The lowest BCUT2D eigenvalue weighted by molar-refractivity contribution is 0.0152. The molecule has 0 saturated carbocycles. The fourth-order valence-electron chi connectivity index (χ4n) is 2.61. The van der Waals surface area contributed by atoms with E-state index in [1.54, 1.807) is 0 Å². The van der Waals surface area contributed by atoms with Crippen LogP contribution in [0.5, 0.6) is 0 Å². The molecule has 5 heteroatoms. The highest BCUT2D eigenvalue weighted by Crippen LogP contribution is 2.49. The molecule has 0 aliphatic carbocycles. The summed E-state index contributed by atoms with van der Waals surface area (Å²) < 4.78 is 4.95. The van der Waals surface area contributed by atoms with Crippen molar-refractivity contribution in [3.05, 3.63) is 29.8 Å². The highest BCUT2D eigenvalue weighted by molar-refractivity contribution is 8.00. The number of carboxylic acid groups (broad SMARTS) is 1. The molecule has 2 heterocycles. The van der Waals surface area contributed by atoms with Crippen LogP contribution in [0.2, 0.25) is 0 Å². The number of ether oxygens (including phenoxy) is 1. The van der Waals surface area contributed by atoms with E-state index in [1.807, 2.05) is 23.9 Å². The topological polar surface area (TPSA) is 58.6 Å². The van der Waals surface area contributed by atoms with Crippen LogP contribution in [-0.4, -0.2) is 29.3 Å². The molecule has 2 aliphatic heterocycles. The van der Waals surface area contributed by atoms with E-state index in [4.69, 9.17) is 9.84 Å². The second-order valence-corrected chi connectivity index (χ2v) is 5.55. The molecular weight excluding hydrogens is 238 g/mol. The SMILES string of the molecule is O=C(O)OC1NCCC2Sc3ccccc3C12. The molecule has 90 valence electrons. The van der Waals surface area contributed by atoms with E-state index < -0.39 is 12.4 Å². The van der Waals surface area contributed by atoms with Gasteiger partial charge in [0, 0.05) is 16.1 Å². The van der Waals surface area contributed by atoms with Crippen LogP contribution in [-0.2, 0) is 4.74 Å². The molecule has 0 spiro atoms. The van der Waals surface area contributed by atoms with E-state index in [-0.39, 0.29) is 5.92 Å². The van der Waals surface area contributed by atoms with Gasteiger partial charge in [-0.25, -0.2) is 4.79 Å². The Hall–Kier alpha value is -1.20. The van der Waals surface area contributed by atoms with E-state index in [0.29, 0.717) is 5.25 Å². The zero-order chi connectivity index (χ0) is 11.8. The van der Waals surface area contributed by atoms with Crippen LogP contribution in [0, 0.1) is 0 Å². The molecule has 17 heavy (non-hydrogen) atoms. The van der Waals surface area contributed by atoms with Crippen LogP contribution in [0.1, 0.15) is 17.9 Å². The monoisotopic (exact) mass is 251 g/mol. The highest BCUT2D eigenvalue weighted by Gasteiger charge is 2.42. The quantitative estimate of drug-likeness (QED) is 0.750. The van der Waals surface area contributed by atoms with Gasteiger partial charge >= 0.3 is 6.16 Å². The fraction of sp³-hybridized carbons (Fsp3) is 0.417. The summed E-state index contributed by atoms with van der Waals surface area (Å²) in [6.07, 6.45) is -0.580. The number of fused-ring (bicyclic) bond motifs is 3. The lowest BCUT2D eigenvalue weighted by atomic mass is 9.90. The Kier molecular flexibility index (Phi) is 2.72. The summed E-state index contributed by atoms with van der Waals surface area (Å²) in [6, 6.07) is 8.17. The summed E-state index contributed by atoms with van der Waals surface area (Å²) in [6.45, 7) is 0.806. The minimum atomic E-state index is -1.21. The van der Waals surface area contributed by atoms with Crippen molar-refractivity contribution in [3.63, 3.8) is 0 Å². The van der Waals surface area contributed by atoms with Gasteiger partial charge in [0.1, 0.15) is 0 Å². The predicted octanol–water partition coefficient (Wildman–Crippen LogP) is 2.26. The molecule has 3 rings (SSSR count). The van der Waals surface area contributed by atoms with Gasteiger partial charge in [0.2, 0.25) is 0 Å². The summed E-state index contributed by atoms with van der Waals surface area (Å²) in [7, 11) is 0. The van der Waals surface area contributed by atoms with E-state index >= 15 is 0 Å². The number of rotatable bonds is 1. The minimum Gasteiger partial charge on any atom is -0.450 e. The highest BCUT2D eigenvalue weighted by atomic mass is 32.2. The van der Waals surface area contributed by atoms with Crippen LogP contribution >= 0.6 is 11.8 Å². The first-order valence-electron chi connectivity index (χ1n) is 5.64. The Bertz CT molecular complexity index is 451. The van der Waals surface area contributed by atoms with E-state index in [2.05, 4.69) is 17.4 Å². The molecule has 1 aromatic carbocycles. The molecule has 0 radical (unpaired) electrons. The number of carbonyl (C=O) groups is 1. The van der Waals surface area contributed by atoms with Crippen molar-refractivity contribution in [2.75, 3.05) is 6.54 Å². The van der Waals surface area contributed by atoms with Gasteiger partial charge in [-0.3, -0.25) is 5.32 Å². The summed E-state index contributed by atoms with van der Waals surface area (Å²) >= 11 is 1.84. The number of benzene rings is 1. The van der Waals surface area contributed by atoms with Crippen LogP contribution in [0.3, 0.4) is 0 Å². The summed E-state index contributed by atoms with van der Waals surface area (Å²) in [4.78, 5) is 12.0. The number of thioether (sulfide) groups is 1. The average Bonchev–Trinajstić information content (AvgIpc) is 2.67. The molecule has 0 aromatic heterocycles. The molecule has 2 N–H and O–H groups in total. The summed E-state index contributed by atoms with van der Waals surface area (Å²) in [5.74, 6) is 0.140. The van der Waals surface area contributed by atoms with Crippen molar-refractivity contribution < 1.29 is 14.6 Å². The zero-order valence-electron chi connectivity index (χ0n) is 9.13. The zero-order valence-corrected chi connectivity index (χ0v) is 9.94. The first kappa shape index (κ1) is 10.9. The van der Waals surface area contributed by atoms with E-state index in [0.717, 1.165) is 13.0 Å². The van der Waals surface area contributed by atoms with Gasteiger partial charge in [0.15, 0.2) is 6.23 Å². The molecule has 1 saturated heterocycles. The van der Waals surface area contributed by atoms with Gasteiger partial charge in [0.05, 0.1) is 0 Å². The second kappa shape index (κ2) is 4.23. The Labute approximate surface area is 103 Å². The first-order valence-corrected chi connectivity index (χ1v) is 6.52. The molecule has 1 fully saturated rings. The van der Waals surface area contributed by atoms with Crippen LogP contribution in [0.15, 0.2) is 29.2 Å². The van der Waals surface area contributed by atoms with Crippen molar-refractivity contribution in [2.45, 2.75) is 28.7 Å². The maximum atomic E-state index is 10.7. The Morgan fingerprint density at radius 3 is 3.12 bits per heavy atom. The van der Waals surface area contributed by atoms with Crippen molar-refractivity contribution in [1.29, 1.82) is 0 Å². The molecular formula is C12H13NO3S. The Morgan fingerprint density at radius 2 is 2.29 bits per heavy atom. The van der Waals surface area contributed by atoms with Crippen LogP contribution in [0.4, 0.5) is 4.79 Å². The molecule has 1 aromatic rings. The average molecular weight is 251 g/mol. The lowest BCUT2D eigenvalue weighted by Crippen LogP contribution is -2.46. The summed E-state index contributed by atoms with van der Waals surface area (Å²) in [5, 5.41) is 12.3. The number of nitrogens with one attached hydrogen (secondary N) is 1. The van der Waals surface area contributed by atoms with Crippen molar-refractivity contribution >= 4 is 17.9 Å². The van der Waals surface area contributed by atoms with Gasteiger partial charge in [-0.1, -0.05) is 18.2 Å². The lowest BCUT2D eigenvalue weighted by Gasteiger charge is -2.33. The number of hydrogen-bond acceptors (Lipinski definition) is 4. The maximum absolute atomic E-state index is 10.7. The van der Waals surface area contributed by atoms with Crippen LogP contribution < -0.4 is 5.32 Å². The largest absolute Gasteiger partial charge is 0.507 e. The minimum absolute atomic E-state index is 0.140. The third-order valence-electron chi connectivity index (χ3n) is 3.29. The summed E-state index contributed by atoms with van der Waals surface area (Å²) in [5.41, 5.74) is 1.21. The Morgan fingerprint density at radius 1 is 1.47 bits per heavy atom. The van der Waals surface area contributed by atoms with Crippen molar-refractivity contribution in [1.82, 2.24) is 5.32 Å². The molecule has 0 bridgehead atoms. The molecule has 3 atom stereocenters. The molecule has 4 nitrogen and oxygen atoms in total. The van der Waals surface area contributed by atoms with Gasteiger partial charge in [-0.15, -0.1) is 11.8 Å². The smallest absolute Gasteiger partial charge is 0.450 e. The molecule has 3 unspecified atom stereocenters. The number of hydrogen-bond donors (Lipinski definition) is 2. The maximum Gasteiger partial charge on any atom is 0.507 e. The third-order valence-corrected chi connectivity index (χ3v) is 4.74. The Balaban J connectivity index is 1.92. The van der Waals surface area contributed by atoms with Crippen LogP contribution in [0.25, 0.3) is 0 Å². The molecule has 0 amide bonds. The van der Waals surface area contributed by atoms with Gasteiger partial charge in [0.25, 0.3) is 0 Å². The first-order chi connectivity index (χ1) is 8.25. The second-order valence-electron chi connectivity index (χ2n) is 4.27. The van der Waals surface area contributed by atoms with Gasteiger partial charge < -0.3 is 9.84 Å². The standard InChI is InChI=1S/C12H13NO3S/c14-12(15)16-11-10-7-3-1-2-4-8(7)17-9(10)5-6-13-11/h1-4,9-11,13H,5-6H2,(H,14,15). The van der Waals surface area contributed by atoms with E-state index in [1.165, 1.54) is 10.5 Å². The fourth-order valence-corrected chi connectivity index (χ4v) is 4.11. The normalized spacial score (nSPS) is 30.5. The number of piperidine rings is 1. The third kappa shape index (κ3) is 1.89. The van der Waals surface area contributed by atoms with E-state index in [9.17, 15) is 4.79 Å². The van der Waals surface area contributed by atoms with Crippen molar-refractivity contribution in [2.24, 2.45) is 0 Å².